The Bertz CT molecular complexity index is 1240. The average Bonchev–Trinajstić information content (AvgIpc) is 2.97. The molecule has 7 heteroatoms. The van der Waals surface area contributed by atoms with Crippen LogP contribution in [0.3, 0.4) is 0 Å². The van der Waals surface area contributed by atoms with Crippen LogP contribution in [0.25, 0.3) is 0 Å². The van der Waals surface area contributed by atoms with Crippen molar-refractivity contribution >= 4 is 27.3 Å². The van der Waals surface area contributed by atoms with Gasteiger partial charge in [-0.25, -0.2) is 13.2 Å². The largest absolute Gasteiger partial charge is 0.328 e. The zero-order chi connectivity index (χ0) is 31.3. The van der Waals surface area contributed by atoms with Gasteiger partial charge in [0.15, 0.2) is 15.6 Å². The molecule has 2 amide bonds. The molecule has 0 aliphatic heterocycles. The molecule has 1 aliphatic rings. The first-order chi connectivity index (χ1) is 20.5. The Balaban J connectivity index is 1.55. The quantitative estimate of drug-likeness (QED) is 0.185. The van der Waals surface area contributed by atoms with Crippen LogP contribution < -0.4 is 10.6 Å². The number of Topliss-reactive ketones (excluding diaryl/α,β-unsaturated/α-hetero) is 1. The summed E-state index contributed by atoms with van der Waals surface area (Å²) in [5.41, 5.74) is 2.24. The van der Waals surface area contributed by atoms with Gasteiger partial charge in [-0.3, -0.25) is 4.79 Å². The number of amides is 2. The lowest BCUT2D eigenvalue weighted by molar-refractivity contribution is -0.121. The number of unbranched alkanes of at least 4 members (excludes halogenated alkanes) is 6. The molecule has 1 aliphatic carbocycles. The van der Waals surface area contributed by atoms with Crippen LogP contribution >= 0.6 is 0 Å². The second kappa shape index (κ2) is 17.0. The molecule has 1 saturated carbocycles. The maximum atomic E-state index is 13.2. The summed E-state index contributed by atoms with van der Waals surface area (Å²) in [5, 5.41) is 5.83. The van der Waals surface area contributed by atoms with Crippen LogP contribution in [-0.4, -0.2) is 26.3 Å². The summed E-state index contributed by atoms with van der Waals surface area (Å²) in [4.78, 5) is 26.5. The molecule has 0 radical (unpaired) electrons. The van der Waals surface area contributed by atoms with E-state index in [9.17, 15) is 18.0 Å². The fraction of sp³-hybridized carbons (Fsp3) is 0.611. The van der Waals surface area contributed by atoms with E-state index in [4.69, 9.17) is 0 Å². The van der Waals surface area contributed by atoms with Gasteiger partial charge in [0.2, 0.25) is 0 Å². The lowest BCUT2D eigenvalue weighted by Gasteiger charge is -2.26. The number of carbonyl (C=O) groups is 2. The van der Waals surface area contributed by atoms with E-state index in [1.54, 1.807) is 36.4 Å². The van der Waals surface area contributed by atoms with Gasteiger partial charge in [0, 0.05) is 12.1 Å². The normalized spacial score (nSPS) is 15.2. The van der Waals surface area contributed by atoms with Gasteiger partial charge in [0.05, 0.1) is 16.7 Å². The Morgan fingerprint density at radius 1 is 0.837 bits per heavy atom. The van der Waals surface area contributed by atoms with Crippen molar-refractivity contribution in [2.45, 2.75) is 140 Å². The highest BCUT2D eigenvalue weighted by Gasteiger charge is 2.26. The minimum absolute atomic E-state index is 0.0475. The van der Waals surface area contributed by atoms with Crippen LogP contribution in [0.5, 0.6) is 0 Å². The van der Waals surface area contributed by atoms with Crippen molar-refractivity contribution < 1.29 is 18.0 Å². The monoisotopic (exact) mass is 610 g/mol. The number of ketones is 1. The summed E-state index contributed by atoms with van der Waals surface area (Å²) in [7, 11) is -3.50. The molecule has 0 spiro atoms. The van der Waals surface area contributed by atoms with Gasteiger partial charge < -0.3 is 10.6 Å². The van der Waals surface area contributed by atoms with Crippen molar-refractivity contribution in [3.8, 4) is 0 Å². The van der Waals surface area contributed by atoms with E-state index >= 15 is 0 Å². The van der Waals surface area contributed by atoms with Crippen molar-refractivity contribution in [3.63, 3.8) is 0 Å². The van der Waals surface area contributed by atoms with Gasteiger partial charge in [-0.1, -0.05) is 123 Å². The van der Waals surface area contributed by atoms with Crippen molar-refractivity contribution in [2.75, 3.05) is 5.32 Å². The molecule has 1 fully saturated rings. The van der Waals surface area contributed by atoms with Crippen LogP contribution in [0.15, 0.2) is 53.4 Å². The maximum Gasteiger partial charge on any atom is 0.319 e. The molecular weight excluding hydrogens is 556 g/mol. The van der Waals surface area contributed by atoms with Crippen molar-refractivity contribution in [3.05, 3.63) is 59.7 Å². The highest BCUT2D eigenvalue weighted by Crippen LogP contribution is 2.28. The van der Waals surface area contributed by atoms with Gasteiger partial charge in [-0.15, -0.1) is 0 Å². The third kappa shape index (κ3) is 12.1. The van der Waals surface area contributed by atoms with Gasteiger partial charge in [-0.2, -0.15) is 0 Å². The smallest absolute Gasteiger partial charge is 0.319 e. The Labute approximate surface area is 260 Å². The molecule has 43 heavy (non-hydrogen) atoms. The van der Waals surface area contributed by atoms with Crippen molar-refractivity contribution in [1.29, 1.82) is 0 Å². The van der Waals surface area contributed by atoms with E-state index in [1.165, 1.54) is 44.9 Å². The third-order valence-corrected chi connectivity index (χ3v) is 10.4. The number of anilines is 1. The summed E-state index contributed by atoms with van der Waals surface area (Å²) in [6, 6.07) is 13.1. The van der Waals surface area contributed by atoms with Gasteiger partial charge >= 0.3 is 6.03 Å². The SMILES string of the molecule is CCCCCCCCCC(=O)[C@@H](CC1CCCCC1)NC(=O)Nc1ccc(CS(=O)(=O)c2ccc(C(C)(C)C)cc2)cc1. The number of hydrogen-bond acceptors (Lipinski definition) is 4. The van der Waals surface area contributed by atoms with Crippen LogP contribution in [0.2, 0.25) is 0 Å². The molecular formula is C36H54N2O4S. The second-order valence-electron chi connectivity index (χ2n) is 13.5. The molecule has 1 atom stereocenters. The van der Waals surface area contributed by atoms with Gasteiger partial charge in [0.1, 0.15) is 0 Å². The standard InChI is InChI=1S/C36H54N2O4S/c1-5-6-7-8-9-10-14-17-34(39)33(26-28-15-12-11-13-16-28)38-35(40)37-31-22-18-29(19-23-31)27-43(41,42)32-24-20-30(21-25-32)36(2,3)4/h18-25,28,33H,5-17,26-27H2,1-4H3,(H2,37,38,40)/t33-/m1/s1. The number of carbonyl (C=O) groups excluding carboxylic acids is 2. The minimum atomic E-state index is -3.50. The minimum Gasteiger partial charge on any atom is -0.328 e. The molecule has 6 nitrogen and oxygen atoms in total. The second-order valence-corrected chi connectivity index (χ2v) is 15.4. The van der Waals surface area contributed by atoms with E-state index in [0.717, 1.165) is 37.7 Å². The number of urea groups is 1. The molecule has 2 aromatic rings. The first-order valence-electron chi connectivity index (χ1n) is 16.5. The lowest BCUT2D eigenvalue weighted by atomic mass is 9.83. The highest BCUT2D eigenvalue weighted by molar-refractivity contribution is 7.90. The fourth-order valence-electron chi connectivity index (χ4n) is 5.93. The summed E-state index contributed by atoms with van der Waals surface area (Å²) in [6.07, 6.45) is 15.2. The Morgan fingerprint density at radius 3 is 2.05 bits per heavy atom. The Morgan fingerprint density at radius 2 is 1.44 bits per heavy atom. The van der Waals surface area contributed by atoms with E-state index in [1.807, 2.05) is 12.1 Å². The highest BCUT2D eigenvalue weighted by atomic mass is 32.2. The summed E-state index contributed by atoms with van der Waals surface area (Å²) in [5.74, 6) is 0.485. The molecule has 238 valence electrons. The molecule has 2 aromatic carbocycles. The number of sulfone groups is 1. The summed E-state index contributed by atoms with van der Waals surface area (Å²) < 4.78 is 26.0. The van der Waals surface area contributed by atoms with E-state index in [0.29, 0.717) is 34.9 Å². The molecule has 0 bridgehead atoms. The Kier molecular flexibility index (Phi) is 13.8. The van der Waals surface area contributed by atoms with Crippen LogP contribution in [-0.2, 0) is 25.8 Å². The zero-order valence-electron chi connectivity index (χ0n) is 26.9. The first kappa shape index (κ1) is 34.8. The van der Waals surface area contributed by atoms with E-state index in [-0.39, 0.29) is 17.0 Å². The number of hydrogen-bond donors (Lipinski definition) is 2. The average molecular weight is 611 g/mol. The molecule has 3 rings (SSSR count). The predicted octanol–water partition coefficient (Wildman–Crippen LogP) is 9.13. The first-order valence-corrected chi connectivity index (χ1v) is 18.2. The van der Waals surface area contributed by atoms with Gasteiger partial charge in [-0.05, 0) is 59.6 Å². The van der Waals surface area contributed by atoms with Gasteiger partial charge in [0.25, 0.3) is 0 Å². The molecule has 0 saturated heterocycles. The van der Waals surface area contributed by atoms with Crippen LogP contribution in [0.1, 0.15) is 129 Å². The van der Waals surface area contributed by atoms with E-state index < -0.39 is 21.9 Å². The Hall–Kier alpha value is -2.67. The predicted molar refractivity (Wildman–Crippen MR) is 177 cm³/mol. The summed E-state index contributed by atoms with van der Waals surface area (Å²) >= 11 is 0. The topological polar surface area (TPSA) is 92.3 Å². The van der Waals surface area contributed by atoms with Crippen molar-refractivity contribution in [2.24, 2.45) is 5.92 Å². The van der Waals surface area contributed by atoms with Crippen LogP contribution in [0.4, 0.5) is 10.5 Å². The van der Waals surface area contributed by atoms with E-state index in [2.05, 4.69) is 38.3 Å². The lowest BCUT2D eigenvalue weighted by Crippen LogP contribution is -2.44. The third-order valence-electron chi connectivity index (χ3n) is 8.66. The molecule has 2 N–H and O–H groups in total. The molecule has 0 heterocycles. The van der Waals surface area contributed by atoms with Crippen LogP contribution in [0, 0.1) is 5.92 Å². The molecule has 0 unspecified atom stereocenters. The summed E-state index contributed by atoms with van der Waals surface area (Å²) in [6.45, 7) is 8.50. The molecule has 0 aromatic heterocycles. The number of nitrogens with one attached hydrogen (secondary N) is 2. The number of rotatable bonds is 16. The number of benzene rings is 2. The van der Waals surface area contributed by atoms with Crippen molar-refractivity contribution in [1.82, 2.24) is 5.32 Å². The fourth-order valence-corrected chi connectivity index (χ4v) is 7.28. The maximum absolute atomic E-state index is 13.2. The zero-order valence-corrected chi connectivity index (χ0v) is 27.7.